The molecule has 0 N–H and O–H groups in total. The maximum atomic E-state index is 13.4. The quantitative estimate of drug-likeness (QED) is 0.481. The Kier molecular flexibility index (Phi) is 5.09. The fourth-order valence-corrected chi connectivity index (χ4v) is 4.75. The van der Waals surface area contributed by atoms with E-state index in [0.29, 0.717) is 35.6 Å². The molecule has 8 heteroatoms. The summed E-state index contributed by atoms with van der Waals surface area (Å²) in [4.78, 5) is 26.3. The van der Waals surface area contributed by atoms with E-state index in [4.69, 9.17) is 14.2 Å². The predicted octanol–water partition coefficient (Wildman–Crippen LogP) is 2.84. The molecule has 1 aliphatic rings. The Hall–Kier alpha value is -3.78. The number of aryl methyl sites for hydroxylation is 1. The van der Waals surface area contributed by atoms with Crippen molar-refractivity contribution in [2.45, 2.75) is 12.6 Å². The van der Waals surface area contributed by atoms with Crippen LogP contribution in [0.15, 0.2) is 58.1 Å². The van der Waals surface area contributed by atoms with Crippen LogP contribution < -0.4 is 20.7 Å². The zero-order valence-electron chi connectivity index (χ0n) is 19.0. The van der Waals surface area contributed by atoms with Crippen molar-refractivity contribution in [1.29, 1.82) is 0 Å². The molecular weight excluding hydrogens is 422 g/mol. The molecule has 170 valence electrons. The van der Waals surface area contributed by atoms with Gasteiger partial charge in [-0.1, -0.05) is 30.3 Å². The Bertz CT molecular complexity index is 1480. The van der Waals surface area contributed by atoms with Crippen molar-refractivity contribution in [3.8, 4) is 22.8 Å². The summed E-state index contributed by atoms with van der Waals surface area (Å²) < 4.78 is 22.1. The second kappa shape index (κ2) is 7.97. The van der Waals surface area contributed by atoms with Crippen LogP contribution in [0.5, 0.6) is 11.5 Å². The van der Waals surface area contributed by atoms with Gasteiger partial charge in [-0.3, -0.25) is 13.9 Å². The largest absolute Gasteiger partial charge is 0.497 e. The fourth-order valence-electron chi connectivity index (χ4n) is 4.75. The first-order valence-corrected chi connectivity index (χ1v) is 10.7. The average molecular weight is 447 g/mol. The smallest absolute Gasteiger partial charge is 0.331 e. The van der Waals surface area contributed by atoms with Crippen molar-refractivity contribution in [1.82, 2.24) is 13.7 Å². The third kappa shape index (κ3) is 3.09. The normalized spacial score (nSPS) is 15.5. The van der Waals surface area contributed by atoms with Crippen molar-refractivity contribution >= 4 is 10.9 Å². The number of aromatic nitrogens is 3. The van der Waals surface area contributed by atoms with Crippen molar-refractivity contribution in [2.75, 3.05) is 20.8 Å². The van der Waals surface area contributed by atoms with Crippen molar-refractivity contribution in [3.63, 3.8) is 0 Å². The Morgan fingerprint density at radius 2 is 1.73 bits per heavy atom. The number of nitrogens with zero attached hydrogens (tertiary/aromatic N) is 3. The lowest BCUT2D eigenvalue weighted by molar-refractivity contribution is 0.0463. The summed E-state index contributed by atoms with van der Waals surface area (Å²) in [5.41, 5.74) is 3.12. The molecule has 0 spiro atoms. The van der Waals surface area contributed by atoms with E-state index < -0.39 is 6.10 Å². The van der Waals surface area contributed by atoms with Gasteiger partial charge in [0.1, 0.15) is 17.6 Å². The summed E-state index contributed by atoms with van der Waals surface area (Å²) >= 11 is 0. The predicted molar refractivity (Wildman–Crippen MR) is 125 cm³/mol. The van der Waals surface area contributed by atoms with Gasteiger partial charge in [-0.15, -0.1) is 0 Å². The molecule has 0 saturated carbocycles. The van der Waals surface area contributed by atoms with Crippen LogP contribution in [0.2, 0.25) is 0 Å². The van der Waals surface area contributed by atoms with E-state index in [1.807, 2.05) is 42.5 Å². The number of fused-ring (bicyclic) bond motifs is 3. The van der Waals surface area contributed by atoms with Gasteiger partial charge in [-0.25, -0.2) is 4.79 Å². The molecule has 33 heavy (non-hydrogen) atoms. The number of benzene rings is 2. The summed E-state index contributed by atoms with van der Waals surface area (Å²) in [6.07, 6.45) is -0.530. The minimum atomic E-state index is -0.530. The second-order valence-corrected chi connectivity index (χ2v) is 8.04. The molecule has 1 unspecified atom stereocenters. The summed E-state index contributed by atoms with van der Waals surface area (Å²) in [7, 11) is 6.40. The Balaban J connectivity index is 1.91. The highest BCUT2D eigenvalue weighted by molar-refractivity contribution is 5.96. The molecule has 1 aliphatic heterocycles. The highest BCUT2D eigenvalue weighted by atomic mass is 16.5. The van der Waals surface area contributed by atoms with Crippen LogP contribution in [-0.2, 0) is 25.4 Å². The van der Waals surface area contributed by atoms with Crippen LogP contribution in [0.25, 0.3) is 22.2 Å². The monoisotopic (exact) mass is 447 g/mol. The Labute approximate surface area is 190 Å². The molecule has 3 heterocycles. The van der Waals surface area contributed by atoms with Gasteiger partial charge in [-0.05, 0) is 17.7 Å². The number of hydrogen-bond acceptors (Lipinski definition) is 5. The minimum absolute atomic E-state index is 0.325. The fraction of sp³-hybridized carbons (Fsp3) is 0.280. The zero-order chi connectivity index (χ0) is 23.3. The summed E-state index contributed by atoms with van der Waals surface area (Å²) in [5.74, 6) is 1.27. The molecule has 5 rings (SSSR count). The SMILES string of the molecule is COc1ccc(C2OCCn3c(-c4ccccc4)c4c(=O)n(C)c(=O)n(C)c4c32)c(OC)c1. The molecule has 2 aromatic carbocycles. The molecule has 0 aliphatic carbocycles. The molecule has 1 atom stereocenters. The number of ether oxygens (including phenoxy) is 3. The van der Waals surface area contributed by atoms with E-state index in [1.165, 1.54) is 11.6 Å². The maximum Gasteiger partial charge on any atom is 0.331 e. The lowest BCUT2D eigenvalue weighted by Crippen LogP contribution is -2.37. The number of methoxy groups -OCH3 is 2. The Morgan fingerprint density at radius 1 is 0.970 bits per heavy atom. The molecule has 0 radical (unpaired) electrons. The van der Waals surface area contributed by atoms with Gasteiger partial charge in [0, 0.05) is 32.3 Å². The van der Waals surface area contributed by atoms with Gasteiger partial charge in [0.05, 0.1) is 43.1 Å². The number of rotatable bonds is 4. The molecule has 4 aromatic rings. The van der Waals surface area contributed by atoms with Gasteiger partial charge < -0.3 is 18.8 Å². The van der Waals surface area contributed by atoms with E-state index in [0.717, 1.165) is 27.1 Å². The first-order valence-electron chi connectivity index (χ1n) is 10.7. The van der Waals surface area contributed by atoms with E-state index in [9.17, 15) is 9.59 Å². The van der Waals surface area contributed by atoms with E-state index in [2.05, 4.69) is 4.57 Å². The number of hydrogen-bond donors (Lipinski definition) is 0. The van der Waals surface area contributed by atoms with Crippen LogP contribution in [0.1, 0.15) is 17.4 Å². The average Bonchev–Trinajstić information content (AvgIpc) is 3.22. The standard InChI is InChI=1S/C25H25N3O5/c1-26-21-19(24(29)27(2)25(26)30)20(15-8-6-5-7-9-15)28-12-13-33-23(22(21)28)17-11-10-16(31-3)14-18(17)32-4/h5-11,14,23H,12-13H2,1-4H3. The van der Waals surface area contributed by atoms with Crippen molar-refractivity contribution in [3.05, 3.63) is 80.6 Å². The lowest BCUT2D eigenvalue weighted by Gasteiger charge is -2.28. The van der Waals surface area contributed by atoms with Crippen LogP contribution >= 0.6 is 0 Å². The molecule has 0 fully saturated rings. The molecule has 2 aromatic heterocycles. The van der Waals surface area contributed by atoms with E-state index in [-0.39, 0.29) is 11.2 Å². The first kappa shape index (κ1) is 21.1. The van der Waals surface area contributed by atoms with Crippen molar-refractivity contribution < 1.29 is 14.2 Å². The maximum absolute atomic E-state index is 13.4. The minimum Gasteiger partial charge on any atom is -0.497 e. The summed E-state index contributed by atoms with van der Waals surface area (Å²) in [6.45, 7) is 1.00. The van der Waals surface area contributed by atoms with E-state index >= 15 is 0 Å². The third-order valence-corrected chi connectivity index (χ3v) is 6.32. The van der Waals surface area contributed by atoms with Crippen LogP contribution in [-0.4, -0.2) is 34.5 Å². The van der Waals surface area contributed by atoms with Gasteiger partial charge >= 0.3 is 5.69 Å². The van der Waals surface area contributed by atoms with Crippen LogP contribution in [0.4, 0.5) is 0 Å². The zero-order valence-corrected chi connectivity index (χ0v) is 19.0. The van der Waals surface area contributed by atoms with Gasteiger partial charge in [0.2, 0.25) is 0 Å². The topological polar surface area (TPSA) is 76.6 Å². The molecule has 0 bridgehead atoms. The molecule has 8 nitrogen and oxygen atoms in total. The first-order chi connectivity index (χ1) is 16.0. The van der Waals surface area contributed by atoms with E-state index in [1.54, 1.807) is 27.3 Å². The van der Waals surface area contributed by atoms with Gasteiger partial charge in [0.25, 0.3) is 5.56 Å². The summed E-state index contributed by atoms with van der Waals surface area (Å²) in [6, 6.07) is 15.3. The Morgan fingerprint density at radius 3 is 2.42 bits per heavy atom. The van der Waals surface area contributed by atoms with Crippen LogP contribution in [0, 0.1) is 0 Å². The van der Waals surface area contributed by atoms with Crippen molar-refractivity contribution in [2.24, 2.45) is 14.1 Å². The third-order valence-electron chi connectivity index (χ3n) is 6.32. The second-order valence-electron chi connectivity index (χ2n) is 8.04. The van der Waals surface area contributed by atoms with Crippen LogP contribution in [0.3, 0.4) is 0 Å². The highest BCUT2D eigenvalue weighted by Crippen LogP contribution is 2.43. The molecule has 0 amide bonds. The molecule has 0 saturated heterocycles. The van der Waals surface area contributed by atoms with Gasteiger partial charge in [-0.2, -0.15) is 0 Å². The van der Waals surface area contributed by atoms with Gasteiger partial charge in [0.15, 0.2) is 0 Å². The molecular formula is C25H25N3O5. The highest BCUT2D eigenvalue weighted by Gasteiger charge is 2.34. The lowest BCUT2D eigenvalue weighted by atomic mass is 10.0. The summed E-state index contributed by atoms with van der Waals surface area (Å²) in [5, 5.41) is 0.503.